The SMILES string of the molecule is COc1ccc(CN2C=C(c3cc(C(F)(F)F)nc(S(=O)(=O)CN4CCCCC4)n3)C=CC2O)cc1OC. The molecule has 9 nitrogen and oxygen atoms in total. The monoisotopic (exact) mass is 554 g/mol. The lowest BCUT2D eigenvalue weighted by atomic mass is 10.1. The number of aliphatic hydroxyl groups is 1. The van der Waals surface area contributed by atoms with E-state index in [1.807, 2.05) is 0 Å². The Hall–Kier alpha value is -3.16. The second kappa shape index (κ2) is 11.3. The number of aromatic nitrogens is 2. The van der Waals surface area contributed by atoms with E-state index in [9.17, 15) is 26.7 Å². The molecular formula is C25H29F3N4O5S. The molecule has 3 heterocycles. The number of alkyl halides is 3. The third-order valence-corrected chi connectivity index (χ3v) is 7.72. The summed E-state index contributed by atoms with van der Waals surface area (Å²) in [5, 5.41) is 9.62. The first-order valence-corrected chi connectivity index (χ1v) is 13.6. The van der Waals surface area contributed by atoms with Crippen molar-refractivity contribution in [1.82, 2.24) is 19.8 Å². The van der Waals surface area contributed by atoms with Crippen molar-refractivity contribution in [3.63, 3.8) is 0 Å². The lowest BCUT2D eigenvalue weighted by molar-refractivity contribution is -0.141. The molecule has 0 spiro atoms. The quantitative estimate of drug-likeness (QED) is 0.491. The van der Waals surface area contributed by atoms with Gasteiger partial charge >= 0.3 is 6.18 Å². The first-order chi connectivity index (χ1) is 18.0. The predicted molar refractivity (Wildman–Crippen MR) is 133 cm³/mol. The molecule has 38 heavy (non-hydrogen) atoms. The van der Waals surface area contributed by atoms with E-state index in [1.54, 1.807) is 23.1 Å². The first kappa shape index (κ1) is 27.9. The number of rotatable bonds is 8. The van der Waals surface area contributed by atoms with Gasteiger partial charge in [0, 0.05) is 18.3 Å². The maximum absolute atomic E-state index is 13.7. The molecule has 1 fully saturated rings. The lowest BCUT2D eigenvalue weighted by Gasteiger charge is -2.29. The van der Waals surface area contributed by atoms with E-state index in [1.165, 1.54) is 37.5 Å². The number of sulfone groups is 1. The van der Waals surface area contributed by atoms with Crippen LogP contribution >= 0.6 is 0 Å². The largest absolute Gasteiger partial charge is 0.493 e. The van der Waals surface area contributed by atoms with Gasteiger partial charge in [-0.05, 0) is 55.8 Å². The van der Waals surface area contributed by atoms with Crippen LogP contribution < -0.4 is 9.47 Å². The molecule has 2 aliphatic rings. The van der Waals surface area contributed by atoms with E-state index in [-0.39, 0.29) is 17.8 Å². The molecule has 1 N–H and O–H groups in total. The van der Waals surface area contributed by atoms with Crippen LogP contribution in [-0.2, 0) is 22.6 Å². The Morgan fingerprint density at radius 3 is 2.42 bits per heavy atom. The minimum absolute atomic E-state index is 0.173. The van der Waals surface area contributed by atoms with Gasteiger partial charge in [0.15, 0.2) is 11.5 Å². The van der Waals surface area contributed by atoms with Gasteiger partial charge in [0.1, 0.15) is 17.8 Å². The Morgan fingerprint density at radius 2 is 1.76 bits per heavy atom. The molecule has 0 bridgehead atoms. The maximum atomic E-state index is 13.7. The summed E-state index contributed by atoms with van der Waals surface area (Å²) in [4.78, 5) is 10.6. The van der Waals surface area contributed by atoms with Gasteiger partial charge in [-0.2, -0.15) is 13.2 Å². The van der Waals surface area contributed by atoms with E-state index >= 15 is 0 Å². The number of piperidine rings is 1. The van der Waals surface area contributed by atoms with E-state index < -0.39 is 39.0 Å². The minimum Gasteiger partial charge on any atom is -0.493 e. The number of nitrogens with zero attached hydrogens (tertiary/aromatic N) is 4. The van der Waals surface area contributed by atoms with Crippen LogP contribution in [0.2, 0.25) is 0 Å². The zero-order chi connectivity index (χ0) is 27.5. The number of aliphatic hydroxyl groups excluding tert-OH is 1. The van der Waals surface area contributed by atoms with Crippen molar-refractivity contribution >= 4 is 15.4 Å². The van der Waals surface area contributed by atoms with E-state index in [4.69, 9.17) is 9.47 Å². The highest BCUT2D eigenvalue weighted by Crippen LogP contribution is 2.32. The number of likely N-dealkylation sites (tertiary alicyclic amines) is 1. The number of methoxy groups -OCH3 is 2. The molecule has 0 saturated carbocycles. The molecular weight excluding hydrogens is 525 g/mol. The number of allylic oxidation sites excluding steroid dienone is 2. The molecule has 1 aromatic carbocycles. The average Bonchev–Trinajstić information content (AvgIpc) is 2.89. The fourth-order valence-electron chi connectivity index (χ4n) is 4.32. The van der Waals surface area contributed by atoms with Crippen molar-refractivity contribution < 1.29 is 36.2 Å². The minimum atomic E-state index is -4.88. The van der Waals surface area contributed by atoms with Gasteiger partial charge in [-0.1, -0.05) is 18.6 Å². The molecule has 13 heteroatoms. The molecule has 2 aromatic rings. The summed E-state index contributed by atoms with van der Waals surface area (Å²) >= 11 is 0. The number of halogens is 3. The van der Waals surface area contributed by atoms with Gasteiger partial charge in [-0.3, -0.25) is 4.90 Å². The highest BCUT2D eigenvalue weighted by atomic mass is 32.2. The van der Waals surface area contributed by atoms with Gasteiger partial charge in [0.2, 0.25) is 15.0 Å². The van der Waals surface area contributed by atoms with Crippen LogP contribution in [0.3, 0.4) is 0 Å². The summed E-state index contributed by atoms with van der Waals surface area (Å²) in [6.45, 7) is 1.26. The zero-order valence-electron chi connectivity index (χ0n) is 21.0. The number of benzene rings is 1. The summed E-state index contributed by atoms with van der Waals surface area (Å²) in [7, 11) is -1.24. The molecule has 0 radical (unpaired) electrons. The second-order valence-electron chi connectivity index (χ2n) is 9.06. The van der Waals surface area contributed by atoms with Gasteiger partial charge in [0.25, 0.3) is 0 Å². The Labute approximate surface area is 219 Å². The second-order valence-corrected chi connectivity index (χ2v) is 10.9. The Bertz CT molecular complexity index is 1320. The molecule has 1 aromatic heterocycles. The smallest absolute Gasteiger partial charge is 0.433 e. The standard InChI is InChI=1S/C25H29F3N4O5S/c1-36-20-8-6-17(12-21(20)37-2)14-32-15-18(7-9-23(32)33)19-13-22(25(26,27)28)30-24(29-19)38(34,35)16-31-10-4-3-5-11-31/h6-9,12-13,15,23,33H,3-5,10-11,14,16H2,1-2H3. The third kappa shape index (κ3) is 6.45. The summed E-state index contributed by atoms with van der Waals surface area (Å²) in [6.07, 6.45) is 0.883. The molecule has 0 amide bonds. The van der Waals surface area contributed by atoms with Gasteiger partial charge in [-0.25, -0.2) is 18.4 Å². The van der Waals surface area contributed by atoms with Crippen LogP contribution in [0.1, 0.15) is 36.2 Å². The number of hydrogen-bond acceptors (Lipinski definition) is 9. The van der Waals surface area contributed by atoms with Gasteiger partial charge < -0.3 is 19.5 Å². The van der Waals surface area contributed by atoms with Crippen molar-refractivity contribution in [3.8, 4) is 11.5 Å². The Morgan fingerprint density at radius 1 is 1.05 bits per heavy atom. The Kier molecular flexibility index (Phi) is 8.28. The van der Waals surface area contributed by atoms with Crippen LogP contribution in [-0.4, -0.2) is 72.7 Å². The zero-order valence-corrected chi connectivity index (χ0v) is 21.8. The molecule has 4 rings (SSSR count). The van der Waals surface area contributed by atoms with Crippen LogP contribution in [0, 0.1) is 0 Å². The fourth-order valence-corrected chi connectivity index (χ4v) is 5.65. The third-order valence-electron chi connectivity index (χ3n) is 6.28. The van der Waals surface area contributed by atoms with Gasteiger partial charge in [-0.15, -0.1) is 0 Å². The fraction of sp³-hybridized carbons (Fsp3) is 0.440. The van der Waals surface area contributed by atoms with E-state index in [0.717, 1.165) is 24.8 Å². The number of hydrogen-bond donors (Lipinski definition) is 1. The predicted octanol–water partition coefficient (Wildman–Crippen LogP) is 3.46. The van der Waals surface area contributed by atoms with Crippen LogP contribution in [0.15, 0.2) is 47.8 Å². The van der Waals surface area contributed by atoms with E-state index in [0.29, 0.717) is 30.7 Å². The number of ether oxygens (including phenoxy) is 2. The molecule has 1 unspecified atom stereocenters. The average molecular weight is 555 g/mol. The first-order valence-electron chi connectivity index (χ1n) is 12.0. The molecule has 206 valence electrons. The lowest BCUT2D eigenvalue weighted by Crippen LogP contribution is -2.35. The summed E-state index contributed by atoms with van der Waals surface area (Å²) < 4.78 is 77.8. The van der Waals surface area contributed by atoms with Crippen molar-refractivity contribution in [2.75, 3.05) is 33.2 Å². The Balaban J connectivity index is 1.67. The van der Waals surface area contributed by atoms with Crippen molar-refractivity contribution in [2.45, 2.75) is 43.4 Å². The topological polar surface area (TPSA) is 105 Å². The molecule has 1 atom stereocenters. The summed E-state index contributed by atoms with van der Waals surface area (Å²) in [5.41, 5.74) is -0.647. The molecule has 2 aliphatic heterocycles. The van der Waals surface area contributed by atoms with Crippen LogP contribution in [0.25, 0.3) is 5.57 Å². The highest BCUT2D eigenvalue weighted by Gasteiger charge is 2.36. The molecule has 0 aliphatic carbocycles. The van der Waals surface area contributed by atoms with Gasteiger partial charge in [0.05, 0.1) is 19.9 Å². The highest BCUT2D eigenvalue weighted by molar-refractivity contribution is 7.91. The van der Waals surface area contributed by atoms with Crippen molar-refractivity contribution in [3.05, 3.63) is 59.6 Å². The maximum Gasteiger partial charge on any atom is 0.433 e. The van der Waals surface area contributed by atoms with Crippen molar-refractivity contribution in [2.24, 2.45) is 0 Å². The summed E-state index contributed by atoms with van der Waals surface area (Å²) in [6, 6.07) is 5.89. The van der Waals surface area contributed by atoms with E-state index in [2.05, 4.69) is 9.97 Å². The molecule has 1 saturated heterocycles. The summed E-state index contributed by atoms with van der Waals surface area (Å²) in [5.74, 6) is 0.545. The van der Waals surface area contributed by atoms with Crippen molar-refractivity contribution in [1.29, 1.82) is 0 Å². The van der Waals surface area contributed by atoms with Crippen LogP contribution in [0.4, 0.5) is 13.2 Å². The van der Waals surface area contributed by atoms with Crippen LogP contribution in [0.5, 0.6) is 11.5 Å². The normalized spacial score (nSPS) is 18.8.